The van der Waals surface area contributed by atoms with Crippen molar-refractivity contribution in [2.75, 3.05) is 4.90 Å². The third-order valence-electron chi connectivity index (χ3n) is 11.8. The van der Waals surface area contributed by atoms with Crippen LogP contribution in [0.5, 0.6) is 0 Å². The fraction of sp³-hybridized carbons (Fsp3) is 0. The first-order chi connectivity index (χ1) is 29.8. The van der Waals surface area contributed by atoms with Gasteiger partial charge in [0.1, 0.15) is 0 Å². The highest BCUT2D eigenvalue weighted by molar-refractivity contribution is 6.11. The Labute approximate surface area is 350 Å². The molecule has 0 aliphatic rings. The Kier molecular flexibility index (Phi) is 8.87. The number of para-hydroxylation sites is 2. The topological polar surface area (TPSA) is 8.17 Å². The van der Waals surface area contributed by atoms with Crippen molar-refractivity contribution in [3.63, 3.8) is 0 Å². The molecule has 0 aliphatic heterocycles. The highest BCUT2D eigenvalue weighted by Gasteiger charge is 2.21. The molecule has 1 aromatic heterocycles. The average Bonchev–Trinajstić information content (AvgIpc) is 3.66. The second kappa shape index (κ2) is 15.1. The lowest BCUT2D eigenvalue weighted by Gasteiger charge is -2.28. The molecule has 0 radical (unpaired) electrons. The largest absolute Gasteiger partial charge is 0.310 e. The summed E-state index contributed by atoms with van der Waals surface area (Å²) in [5.41, 5.74) is 16.3. The summed E-state index contributed by atoms with van der Waals surface area (Å²) in [6.45, 7) is 0. The Morgan fingerprint density at radius 3 is 1.62 bits per heavy atom. The minimum absolute atomic E-state index is 1.08. The van der Waals surface area contributed by atoms with E-state index in [2.05, 4.69) is 252 Å². The number of hydrogen-bond donors (Lipinski definition) is 0. The van der Waals surface area contributed by atoms with Crippen LogP contribution in [0.25, 0.3) is 82.8 Å². The second-order valence-electron chi connectivity index (χ2n) is 15.3. The van der Waals surface area contributed by atoms with Gasteiger partial charge in [-0.2, -0.15) is 0 Å². The zero-order valence-electron chi connectivity index (χ0n) is 33.0. The van der Waals surface area contributed by atoms with Crippen molar-refractivity contribution in [3.05, 3.63) is 243 Å². The van der Waals surface area contributed by atoms with Crippen LogP contribution in [-0.4, -0.2) is 4.57 Å². The highest BCUT2D eigenvalue weighted by Crippen LogP contribution is 2.45. The number of hydrogen-bond acceptors (Lipinski definition) is 1. The first-order valence-corrected chi connectivity index (χ1v) is 20.6. The average molecular weight is 765 g/mol. The Morgan fingerprint density at radius 1 is 0.283 bits per heavy atom. The van der Waals surface area contributed by atoms with Crippen LogP contribution >= 0.6 is 0 Å². The maximum atomic E-state index is 2.44. The van der Waals surface area contributed by atoms with Crippen LogP contribution in [0.3, 0.4) is 0 Å². The summed E-state index contributed by atoms with van der Waals surface area (Å²) in [4.78, 5) is 2.43. The fourth-order valence-corrected chi connectivity index (χ4v) is 9.01. The predicted molar refractivity (Wildman–Crippen MR) is 255 cm³/mol. The molecular formula is C58H40N2. The van der Waals surface area contributed by atoms with Gasteiger partial charge in [-0.1, -0.05) is 194 Å². The summed E-state index contributed by atoms with van der Waals surface area (Å²) in [5, 5.41) is 4.90. The van der Waals surface area contributed by atoms with E-state index in [0.29, 0.717) is 0 Å². The Bertz CT molecular complexity index is 3300. The normalized spacial score (nSPS) is 11.3. The molecule has 2 heteroatoms. The van der Waals surface area contributed by atoms with Gasteiger partial charge in [0, 0.05) is 33.4 Å². The summed E-state index contributed by atoms with van der Waals surface area (Å²) < 4.78 is 2.44. The standard InChI is InChI=1S/C58H40N2/c1-3-17-41(18-4-1)42-33-35-46(36-34-42)59(56-31-13-11-28-53(56)52-30-16-22-44-21-7-8-26-50(44)52)48-37-38-55-54-29-12-14-32-57(54)60(58(55)40-48)47-24-15-23-45(39-47)51-27-10-9-25-49(51)43-19-5-2-6-20-43/h1-40H. The first kappa shape index (κ1) is 35.2. The monoisotopic (exact) mass is 764 g/mol. The van der Waals surface area contributed by atoms with Gasteiger partial charge in [0.05, 0.1) is 16.7 Å². The van der Waals surface area contributed by atoms with Gasteiger partial charge < -0.3 is 9.47 Å². The quantitative estimate of drug-likeness (QED) is 0.150. The van der Waals surface area contributed by atoms with E-state index in [9.17, 15) is 0 Å². The number of aromatic nitrogens is 1. The molecule has 0 aliphatic carbocycles. The Hall–Kier alpha value is -7.94. The molecule has 0 saturated heterocycles. The lowest BCUT2D eigenvalue weighted by atomic mass is 9.94. The minimum atomic E-state index is 1.08. The third kappa shape index (κ3) is 6.23. The summed E-state index contributed by atoms with van der Waals surface area (Å²) >= 11 is 0. The third-order valence-corrected chi connectivity index (χ3v) is 11.8. The molecule has 10 aromatic carbocycles. The maximum absolute atomic E-state index is 2.44. The molecule has 0 N–H and O–H groups in total. The molecular weight excluding hydrogens is 725 g/mol. The van der Waals surface area contributed by atoms with Crippen molar-refractivity contribution in [3.8, 4) is 50.2 Å². The van der Waals surface area contributed by atoms with E-state index >= 15 is 0 Å². The zero-order valence-corrected chi connectivity index (χ0v) is 33.0. The summed E-state index contributed by atoms with van der Waals surface area (Å²) in [7, 11) is 0. The Balaban J connectivity index is 1.12. The maximum Gasteiger partial charge on any atom is 0.0561 e. The van der Waals surface area contributed by atoms with Crippen LogP contribution in [0.15, 0.2) is 243 Å². The fourth-order valence-electron chi connectivity index (χ4n) is 9.01. The van der Waals surface area contributed by atoms with Crippen molar-refractivity contribution in [2.45, 2.75) is 0 Å². The number of benzene rings is 10. The molecule has 0 bridgehead atoms. The lowest BCUT2D eigenvalue weighted by Crippen LogP contribution is -2.11. The zero-order chi connectivity index (χ0) is 39.8. The van der Waals surface area contributed by atoms with E-state index in [-0.39, 0.29) is 0 Å². The van der Waals surface area contributed by atoms with Crippen molar-refractivity contribution in [1.29, 1.82) is 0 Å². The Morgan fingerprint density at radius 2 is 0.817 bits per heavy atom. The summed E-state index contributed by atoms with van der Waals surface area (Å²) in [6.07, 6.45) is 0. The van der Waals surface area contributed by atoms with E-state index in [1.807, 2.05) is 0 Å². The van der Waals surface area contributed by atoms with Gasteiger partial charge in [-0.15, -0.1) is 0 Å². The number of fused-ring (bicyclic) bond motifs is 4. The highest BCUT2D eigenvalue weighted by atomic mass is 15.1. The van der Waals surface area contributed by atoms with Gasteiger partial charge in [-0.3, -0.25) is 0 Å². The molecule has 282 valence electrons. The SMILES string of the molecule is c1ccc(-c2ccc(N(c3ccc4c5ccccc5n(-c5cccc(-c6ccccc6-c6ccccc6)c5)c4c3)c3ccccc3-c3cccc4ccccc34)cc2)cc1. The van der Waals surface area contributed by atoms with Gasteiger partial charge >= 0.3 is 0 Å². The van der Waals surface area contributed by atoms with Crippen LogP contribution in [0.2, 0.25) is 0 Å². The minimum Gasteiger partial charge on any atom is -0.310 e. The molecule has 2 nitrogen and oxygen atoms in total. The smallest absolute Gasteiger partial charge is 0.0561 e. The predicted octanol–water partition coefficient (Wildman–Crippen LogP) is 16.1. The van der Waals surface area contributed by atoms with Crippen molar-refractivity contribution in [2.24, 2.45) is 0 Å². The first-order valence-electron chi connectivity index (χ1n) is 20.6. The van der Waals surface area contributed by atoms with Gasteiger partial charge in [-0.05, 0) is 98.2 Å². The summed E-state index contributed by atoms with van der Waals surface area (Å²) in [6, 6.07) is 87.9. The molecule has 0 spiro atoms. The van der Waals surface area contributed by atoms with Gasteiger partial charge in [0.2, 0.25) is 0 Å². The van der Waals surface area contributed by atoms with E-state index in [1.54, 1.807) is 0 Å². The molecule has 0 saturated carbocycles. The van der Waals surface area contributed by atoms with Crippen LogP contribution < -0.4 is 4.90 Å². The van der Waals surface area contributed by atoms with Crippen molar-refractivity contribution >= 4 is 49.6 Å². The van der Waals surface area contributed by atoms with Crippen LogP contribution in [-0.2, 0) is 0 Å². The molecule has 0 amide bonds. The van der Waals surface area contributed by atoms with E-state index in [1.165, 1.54) is 71.6 Å². The van der Waals surface area contributed by atoms with E-state index < -0.39 is 0 Å². The molecule has 0 atom stereocenters. The second-order valence-corrected chi connectivity index (χ2v) is 15.3. The molecule has 1 heterocycles. The van der Waals surface area contributed by atoms with E-state index in [4.69, 9.17) is 0 Å². The van der Waals surface area contributed by atoms with Crippen LogP contribution in [0.4, 0.5) is 17.1 Å². The molecule has 60 heavy (non-hydrogen) atoms. The molecule has 11 rings (SSSR count). The molecule has 0 unspecified atom stereocenters. The summed E-state index contributed by atoms with van der Waals surface area (Å²) in [5.74, 6) is 0. The van der Waals surface area contributed by atoms with E-state index in [0.717, 1.165) is 28.3 Å². The van der Waals surface area contributed by atoms with Gasteiger partial charge in [0.15, 0.2) is 0 Å². The molecule has 11 aromatic rings. The number of anilines is 3. The number of nitrogens with zero attached hydrogens (tertiary/aromatic N) is 2. The van der Waals surface area contributed by atoms with Crippen LogP contribution in [0.1, 0.15) is 0 Å². The number of rotatable bonds is 8. The van der Waals surface area contributed by atoms with Crippen molar-refractivity contribution in [1.82, 2.24) is 4.57 Å². The van der Waals surface area contributed by atoms with Gasteiger partial charge in [-0.25, -0.2) is 0 Å². The van der Waals surface area contributed by atoms with Gasteiger partial charge in [0.25, 0.3) is 0 Å². The van der Waals surface area contributed by atoms with Crippen LogP contribution in [0, 0.1) is 0 Å². The lowest BCUT2D eigenvalue weighted by molar-refractivity contribution is 1.18. The van der Waals surface area contributed by atoms with Crippen molar-refractivity contribution < 1.29 is 0 Å². The molecule has 0 fully saturated rings.